The molecule has 0 amide bonds. The van der Waals surface area contributed by atoms with E-state index in [-0.39, 0.29) is 5.60 Å². The quantitative estimate of drug-likeness (QED) is 0.769. The molecule has 0 aromatic carbocycles. The predicted molar refractivity (Wildman–Crippen MR) is 76.4 cm³/mol. The van der Waals surface area contributed by atoms with Gasteiger partial charge in [0.25, 0.3) is 0 Å². The topological polar surface area (TPSA) is 30.5 Å². The number of ether oxygens (including phenoxy) is 2. The van der Waals surface area contributed by atoms with Gasteiger partial charge in [-0.3, -0.25) is 0 Å². The largest absolute Gasteiger partial charge is 0.381 e. The van der Waals surface area contributed by atoms with Crippen molar-refractivity contribution in [2.75, 3.05) is 13.7 Å². The van der Waals surface area contributed by atoms with Crippen LogP contribution in [0.1, 0.15) is 64.2 Å². The van der Waals surface area contributed by atoms with Crippen molar-refractivity contribution in [2.45, 2.75) is 88.1 Å². The van der Waals surface area contributed by atoms with Crippen molar-refractivity contribution in [3.05, 3.63) is 0 Å². The molecule has 1 N–H and O–H groups in total. The van der Waals surface area contributed by atoms with Gasteiger partial charge in [-0.2, -0.15) is 0 Å². The van der Waals surface area contributed by atoms with E-state index in [0.29, 0.717) is 12.2 Å². The standard InChI is InChI=1S/C16H29NO2/c1-18-14-4-2-5-15(12-14)19-16(8-3-9-16)10-11-17-13-6-7-13/h13-15,17H,2-12H2,1H3. The molecule has 0 heterocycles. The molecule has 3 saturated carbocycles. The third-order valence-electron chi connectivity index (χ3n) is 5.18. The minimum absolute atomic E-state index is 0.211. The molecule has 2 unspecified atom stereocenters. The Balaban J connectivity index is 1.44. The number of hydrogen-bond donors (Lipinski definition) is 1. The highest BCUT2D eigenvalue weighted by atomic mass is 16.5. The van der Waals surface area contributed by atoms with Crippen LogP contribution in [-0.2, 0) is 9.47 Å². The summed E-state index contributed by atoms with van der Waals surface area (Å²) in [5.74, 6) is 0. The lowest BCUT2D eigenvalue weighted by Crippen LogP contribution is -2.46. The summed E-state index contributed by atoms with van der Waals surface area (Å²) >= 11 is 0. The first-order valence-corrected chi connectivity index (χ1v) is 8.24. The van der Waals surface area contributed by atoms with E-state index in [1.54, 1.807) is 0 Å². The molecular formula is C16H29NO2. The van der Waals surface area contributed by atoms with Crippen LogP contribution < -0.4 is 5.32 Å². The molecule has 0 radical (unpaired) electrons. The van der Waals surface area contributed by atoms with Crippen molar-refractivity contribution in [1.82, 2.24) is 5.32 Å². The minimum Gasteiger partial charge on any atom is -0.381 e. The van der Waals surface area contributed by atoms with Crippen LogP contribution in [0.5, 0.6) is 0 Å². The number of nitrogens with one attached hydrogen (secondary N) is 1. The fraction of sp³-hybridized carbons (Fsp3) is 1.00. The number of methoxy groups -OCH3 is 1. The molecule has 0 spiro atoms. The van der Waals surface area contributed by atoms with E-state index in [2.05, 4.69) is 5.32 Å². The summed E-state index contributed by atoms with van der Waals surface area (Å²) < 4.78 is 12.0. The first kappa shape index (κ1) is 13.8. The minimum atomic E-state index is 0.211. The van der Waals surface area contributed by atoms with Crippen LogP contribution in [0.2, 0.25) is 0 Å². The fourth-order valence-corrected chi connectivity index (χ4v) is 3.57. The van der Waals surface area contributed by atoms with Gasteiger partial charge in [-0.1, -0.05) is 0 Å². The van der Waals surface area contributed by atoms with Crippen LogP contribution in [-0.4, -0.2) is 37.5 Å². The molecule has 0 aliphatic heterocycles. The number of rotatable bonds is 7. The zero-order valence-electron chi connectivity index (χ0n) is 12.3. The molecule has 3 aliphatic rings. The van der Waals surface area contributed by atoms with Gasteiger partial charge in [-0.25, -0.2) is 0 Å². The summed E-state index contributed by atoms with van der Waals surface area (Å²) in [7, 11) is 1.84. The molecule has 19 heavy (non-hydrogen) atoms. The van der Waals surface area contributed by atoms with Gasteiger partial charge in [0, 0.05) is 13.2 Å². The van der Waals surface area contributed by atoms with Gasteiger partial charge >= 0.3 is 0 Å². The monoisotopic (exact) mass is 267 g/mol. The van der Waals surface area contributed by atoms with E-state index < -0.39 is 0 Å². The Hall–Kier alpha value is -0.120. The molecule has 0 bridgehead atoms. The van der Waals surface area contributed by atoms with Gasteiger partial charge in [0.15, 0.2) is 0 Å². The van der Waals surface area contributed by atoms with E-state index in [1.165, 1.54) is 57.8 Å². The van der Waals surface area contributed by atoms with Crippen LogP contribution >= 0.6 is 0 Å². The Morgan fingerprint density at radius 1 is 1.05 bits per heavy atom. The Bertz CT molecular complexity index is 286. The molecule has 0 aromatic rings. The molecular weight excluding hydrogens is 238 g/mol. The summed E-state index contributed by atoms with van der Waals surface area (Å²) in [6.07, 6.45) is 13.6. The molecule has 0 aromatic heterocycles. The number of hydrogen-bond acceptors (Lipinski definition) is 3. The zero-order chi connectivity index (χ0) is 13.1. The maximum Gasteiger partial charge on any atom is 0.0698 e. The summed E-state index contributed by atoms with van der Waals surface area (Å²) in [4.78, 5) is 0. The highest BCUT2D eigenvalue weighted by Gasteiger charge is 2.40. The molecule has 3 aliphatic carbocycles. The second-order valence-corrected chi connectivity index (χ2v) is 6.78. The molecule has 0 saturated heterocycles. The lowest BCUT2D eigenvalue weighted by Gasteiger charge is -2.45. The Morgan fingerprint density at radius 2 is 1.84 bits per heavy atom. The molecule has 3 rings (SSSR count). The van der Waals surface area contributed by atoms with Gasteiger partial charge in [-0.05, 0) is 70.8 Å². The van der Waals surface area contributed by atoms with Crippen molar-refractivity contribution < 1.29 is 9.47 Å². The first-order chi connectivity index (χ1) is 9.30. The molecule has 3 nitrogen and oxygen atoms in total. The van der Waals surface area contributed by atoms with Crippen molar-refractivity contribution in [2.24, 2.45) is 0 Å². The first-order valence-electron chi connectivity index (χ1n) is 8.24. The van der Waals surface area contributed by atoms with Crippen LogP contribution in [0.15, 0.2) is 0 Å². The van der Waals surface area contributed by atoms with E-state index in [0.717, 1.165) is 19.0 Å². The second-order valence-electron chi connectivity index (χ2n) is 6.78. The maximum atomic E-state index is 6.53. The van der Waals surface area contributed by atoms with Gasteiger partial charge in [0.2, 0.25) is 0 Å². The molecule has 2 atom stereocenters. The lowest BCUT2D eigenvalue weighted by atomic mass is 9.77. The highest BCUT2D eigenvalue weighted by molar-refractivity contribution is 4.93. The zero-order valence-corrected chi connectivity index (χ0v) is 12.3. The van der Waals surface area contributed by atoms with Gasteiger partial charge in [0.05, 0.1) is 17.8 Å². The van der Waals surface area contributed by atoms with Crippen LogP contribution in [0, 0.1) is 0 Å². The van der Waals surface area contributed by atoms with Gasteiger partial charge in [0.1, 0.15) is 0 Å². The van der Waals surface area contributed by atoms with Crippen molar-refractivity contribution in [3.8, 4) is 0 Å². The summed E-state index contributed by atoms with van der Waals surface area (Å²) in [5, 5.41) is 3.63. The maximum absolute atomic E-state index is 6.53. The smallest absolute Gasteiger partial charge is 0.0698 e. The molecule has 3 fully saturated rings. The summed E-state index contributed by atoms with van der Waals surface area (Å²) in [6.45, 7) is 1.14. The Morgan fingerprint density at radius 3 is 2.47 bits per heavy atom. The van der Waals surface area contributed by atoms with E-state index in [4.69, 9.17) is 9.47 Å². The van der Waals surface area contributed by atoms with Crippen LogP contribution in [0.25, 0.3) is 0 Å². The van der Waals surface area contributed by atoms with Gasteiger partial charge < -0.3 is 14.8 Å². The third-order valence-corrected chi connectivity index (χ3v) is 5.18. The third kappa shape index (κ3) is 3.71. The summed E-state index contributed by atoms with van der Waals surface area (Å²) in [6, 6.07) is 0.824. The van der Waals surface area contributed by atoms with Gasteiger partial charge in [-0.15, -0.1) is 0 Å². The molecule has 3 heteroatoms. The SMILES string of the molecule is COC1CCCC(OC2(CCNC3CC3)CCC2)C1. The summed E-state index contributed by atoms with van der Waals surface area (Å²) in [5.41, 5.74) is 0.211. The highest BCUT2D eigenvalue weighted by Crippen LogP contribution is 2.41. The van der Waals surface area contributed by atoms with E-state index in [9.17, 15) is 0 Å². The van der Waals surface area contributed by atoms with E-state index >= 15 is 0 Å². The normalized spacial score (nSPS) is 33.9. The molecule has 110 valence electrons. The fourth-order valence-electron chi connectivity index (χ4n) is 3.57. The average Bonchev–Trinajstić information content (AvgIpc) is 3.20. The Kier molecular flexibility index (Phi) is 4.45. The van der Waals surface area contributed by atoms with Crippen molar-refractivity contribution in [1.29, 1.82) is 0 Å². The predicted octanol–water partition coefficient (Wildman–Crippen LogP) is 3.03. The van der Waals surface area contributed by atoms with E-state index in [1.807, 2.05) is 7.11 Å². The van der Waals surface area contributed by atoms with Crippen LogP contribution in [0.3, 0.4) is 0 Å². The lowest BCUT2D eigenvalue weighted by molar-refractivity contribution is -0.162. The van der Waals surface area contributed by atoms with Crippen molar-refractivity contribution >= 4 is 0 Å². The van der Waals surface area contributed by atoms with Crippen molar-refractivity contribution in [3.63, 3.8) is 0 Å². The second kappa shape index (κ2) is 6.11. The Labute approximate surface area is 117 Å². The average molecular weight is 267 g/mol. The van der Waals surface area contributed by atoms with Crippen LogP contribution in [0.4, 0.5) is 0 Å².